The Labute approximate surface area is 131 Å². The van der Waals surface area contributed by atoms with Gasteiger partial charge in [-0.1, -0.05) is 13.3 Å². The summed E-state index contributed by atoms with van der Waals surface area (Å²) < 4.78 is 0. The number of rotatable bonds is 9. The predicted molar refractivity (Wildman–Crippen MR) is 87.9 cm³/mol. The molecular weight excluding hydrogens is 286 g/mol. The first-order valence-electron chi connectivity index (χ1n) is 7.59. The van der Waals surface area contributed by atoms with Crippen molar-refractivity contribution in [1.82, 2.24) is 9.88 Å². The Morgan fingerprint density at radius 1 is 1.38 bits per heavy atom. The molecule has 0 aliphatic heterocycles. The summed E-state index contributed by atoms with van der Waals surface area (Å²) in [4.78, 5) is 19.9. The molecule has 120 valence electrons. The number of hydrogen-bond acceptors (Lipinski definition) is 5. The minimum absolute atomic E-state index is 0.0298. The molecule has 1 amide bonds. The van der Waals surface area contributed by atoms with Crippen LogP contribution in [0, 0.1) is 13.8 Å². The molecule has 6 heteroatoms. The molecule has 0 fully saturated rings. The van der Waals surface area contributed by atoms with E-state index in [4.69, 9.17) is 5.11 Å². The summed E-state index contributed by atoms with van der Waals surface area (Å²) in [5.41, 5.74) is 0.964. The van der Waals surface area contributed by atoms with Crippen LogP contribution in [0.15, 0.2) is 0 Å². The predicted octanol–water partition coefficient (Wildman–Crippen LogP) is 2.57. The lowest BCUT2D eigenvalue weighted by molar-refractivity contribution is -0.120. The van der Waals surface area contributed by atoms with Crippen LogP contribution in [0.3, 0.4) is 0 Å². The number of anilines is 1. The van der Waals surface area contributed by atoms with E-state index in [9.17, 15) is 4.79 Å². The van der Waals surface area contributed by atoms with Gasteiger partial charge in [0.25, 0.3) is 0 Å². The molecule has 1 aromatic rings. The number of thiazole rings is 1. The Kier molecular flexibility index (Phi) is 7.85. The van der Waals surface area contributed by atoms with Crippen molar-refractivity contribution >= 4 is 22.4 Å². The van der Waals surface area contributed by atoms with Crippen molar-refractivity contribution in [2.24, 2.45) is 0 Å². The lowest BCUT2D eigenvalue weighted by Crippen LogP contribution is -2.43. The van der Waals surface area contributed by atoms with Crippen LogP contribution in [0.2, 0.25) is 0 Å². The first-order chi connectivity index (χ1) is 9.99. The van der Waals surface area contributed by atoms with E-state index >= 15 is 0 Å². The van der Waals surface area contributed by atoms with Crippen LogP contribution in [-0.4, -0.2) is 46.6 Å². The first kappa shape index (κ1) is 18.1. The summed E-state index contributed by atoms with van der Waals surface area (Å²) in [5, 5.41) is 12.6. The minimum Gasteiger partial charge on any atom is -0.396 e. The van der Waals surface area contributed by atoms with E-state index in [1.54, 1.807) is 0 Å². The van der Waals surface area contributed by atoms with Crippen LogP contribution in [0.5, 0.6) is 0 Å². The van der Waals surface area contributed by atoms with Crippen molar-refractivity contribution in [2.75, 3.05) is 25.0 Å². The number of carbonyl (C=O) groups is 1. The molecule has 1 rings (SSSR count). The molecule has 5 nitrogen and oxygen atoms in total. The molecule has 0 aromatic carbocycles. The lowest BCUT2D eigenvalue weighted by atomic mass is 10.2. The maximum atomic E-state index is 12.4. The second kappa shape index (κ2) is 9.12. The molecule has 0 aliphatic carbocycles. The summed E-state index contributed by atoms with van der Waals surface area (Å²) in [5.74, 6) is -0.0298. The van der Waals surface area contributed by atoms with Crippen LogP contribution in [-0.2, 0) is 4.79 Å². The van der Waals surface area contributed by atoms with Crippen molar-refractivity contribution in [1.29, 1.82) is 0 Å². The van der Waals surface area contributed by atoms with Gasteiger partial charge in [0.2, 0.25) is 5.91 Å². The van der Waals surface area contributed by atoms with Crippen LogP contribution in [0.4, 0.5) is 5.13 Å². The van der Waals surface area contributed by atoms with Gasteiger partial charge in [0, 0.05) is 18.0 Å². The third kappa shape index (κ3) is 5.73. The number of amides is 1. The van der Waals surface area contributed by atoms with Gasteiger partial charge in [-0.15, -0.1) is 11.3 Å². The summed E-state index contributed by atoms with van der Waals surface area (Å²) >= 11 is 1.51. The van der Waals surface area contributed by atoms with E-state index in [1.165, 1.54) is 11.3 Å². The van der Waals surface area contributed by atoms with Gasteiger partial charge in [-0.2, -0.15) is 0 Å². The molecule has 1 aromatic heterocycles. The van der Waals surface area contributed by atoms with Gasteiger partial charge in [-0.25, -0.2) is 4.98 Å². The summed E-state index contributed by atoms with van der Waals surface area (Å²) in [6.45, 7) is 9.76. The number of aryl methyl sites for hydroxylation is 2. The zero-order chi connectivity index (χ0) is 15.8. The van der Waals surface area contributed by atoms with Gasteiger partial charge >= 0.3 is 0 Å². The standard InChI is InChI=1S/C15H27N3O2S/c1-5-6-8-18(9-7-10-19)12(3)14(20)17-15-16-11(2)13(4)21-15/h12,19H,5-10H2,1-4H3,(H,16,17,20). The molecule has 1 heterocycles. The monoisotopic (exact) mass is 313 g/mol. The lowest BCUT2D eigenvalue weighted by Gasteiger charge is -2.27. The van der Waals surface area contributed by atoms with Crippen molar-refractivity contribution in [2.45, 2.75) is 53.0 Å². The molecule has 1 unspecified atom stereocenters. The Morgan fingerprint density at radius 2 is 2.05 bits per heavy atom. The molecule has 0 bridgehead atoms. The van der Waals surface area contributed by atoms with Crippen molar-refractivity contribution in [3.05, 3.63) is 10.6 Å². The van der Waals surface area contributed by atoms with Gasteiger partial charge in [-0.3, -0.25) is 9.69 Å². The largest absolute Gasteiger partial charge is 0.396 e. The van der Waals surface area contributed by atoms with Gasteiger partial charge in [0.05, 0.1) is 11.7 Å². The molecule has 0 radical (unpaired) electrons. The van der Waals surface area contributed by atoms with Crippen LogP contribution < -0.4 is 5.32 Å². The van der Waals surface area contributed by atoms with E-state index in [0.717, 1.165) is 36.5 Å². The number of carbonyl (C=O) groups excluding carboxylic acids is 1. The van der Waals surface area contributed by atoms with E-state index in [2.05, 4.69) is 22.1 Å². The number of unbranched alkanes of at least 4 members (excludes halogenated alkanes) is 1. The van der Waals surface area contributed by atoms with E-state index in [0.29, 0.717) is 11.6 Å². The van der Waals surface area contributed by atoms with Crippen LogP contribution in [0.25, 0.3) is 0 Å². The summed E-state index contributed by atoms with van der Waals surface area (Å²) in [6.07, 6.45) is 2.84. The number of aliphatic hydroxyl groups excluding tert-OH is 1. The topological polar surface area (TPSA) is 65.5 Å². The third-order valence-electron chi connectivity index (χ3n) is 3.59. The Balaban J connectivity index is 2.63. The van der Waals surface area contributed by atoms with Crippen molar-refractivity contribution < 1.29 is 9.90 Å². The average molecular weight is 313 g/mol. The molecule has 2 N–H and O–H groups in total. The number of aromatic nitrogens is 1. The maximum absolute atomic E-state index is 12.4. The number of nitrogens with one attached hydrogen (secondary N) is 1. The first-order valence-corrected chi connectivity index (χ1v) is 8.41. The van der Waals surface area contributed by atoms with Gasteiger partial charge in [0.1, 0.15) is 0 Å². The number of nitrogens with zero attached hydrogens (tertiary/aromatic N) is 2. The summed E-state index contributed by atoms with van der Waals surface area (Å²) in [7, 11) is 0. The Bertz CT molecular complexity index is 421. The Hall–Kier alpha value is -0.980. The fourth-order valence-electron chi connectivity index (χ4n) is 2.04. The summed E-state index contributed by atoms with van der Waals surface area (Å²) in [6, 6.07) is -0.215. The van der Waals surface area contributed by atoms with E-state index < -0.39 is 0 Å². The molecule has 1 atom stereocenters. The van der Waals surface area contributed by atoms with Crippen LogP contribution in [0.1, 0.15) is 43.7 Å². The van der Waals surface area contributed by atoms with Gasteiger partial charge in [-0.05, 0) is 40.2 Å². The smallest absolute Gasteiger partial charge is 0.243 e. The zero-order valence-corrected chi connectivity index (χ0v) is 14.3. The normalized spacial score (nSPS) is 12.7. The number of hydrogen-bond donors (Lipinski definition) is 2. The average Bonchev–Trinajstić information content (AvgIpc) is 2.76. The highest BCUT2D eigenvalue weighted by Crippen LogP contribution is 2.21. The highest BCUT2D eigenvalue weighted by Gasteiger charge is 2.21. The molecule has 0 saturated heterocycles. The second-order valence-electron chi connectivity index (χ2n) is 5.29. The minimum atomic E-state index is -0.215. The SMILES string of the molecule is CCCCN(CCCO)C(C)C(=O)Nc1nc(C)c(C)s1. The van der Waals surface area contributed by atoms with Gasteiger partial charge in [0.15, 0.2) is 5.13 Å². The Morgan fingerprint density at radius 3 is 2.57 bits per heavy atom. The molecule has 0 saturated carbocycles. The third-order valence-corrected chi connectivity index (χ3v) is 4.58. The highest BCUT2D eigenvalue weighted by atomic mass is 32.1. The highest BCUT2D eigenvalue weighted by molar-refractivity contribution is 7.15. The second-order valence-corrected chi connectivity index (χ2v) is 6.50. The number of aliphatic hydroxyl groups is 1. The fourth-order valence-corrected chi connectivity index (χ4v) is 2.85. The van der Waals surface area contributed by atoms with Crippen molar-refractivity contribution in [3.63, 3.8) is 0 Å². The van der Waals surface area contributed by atoms with Crippen LogP contribution >= 0.6 is 11.3 Å². The maximum Gasteiger partial charge on any atom is 0.243 e. The fraction of sp³-hybridized carbons (Fsp3) is 0.733. The zero-order valence-electron chi connectivity index (χ0n) is 13.5. The van der Waals surface area contributed by atoms with Gasteiger partial charge < -0.3 is 10.4 Å². The van der Waals surface area contributed by atoms with E-state index in [1.807, 2.05) is 20.8 Å². The molecule has 0 spiro atoms. The quantitative estimate of drug-likeness (QED) is 0.735. The van der Waals surface area contributed by atoms with Crippen molar-refractivity contribution in [3.8, 4) is 0 Å². The molecular formula is C15H27N3O2S. The molecule has 0 aliphatic rings. The van der Waals surface area contributed by atoms with E-state index in [-0.39, 0.29) is 18.6 Å². The molecule has 21 heavy (non-hydrogen) atoms.